The highest BCUT2D eigenvalue weighted by atomic mass is 16.5. The molecule has 5 heteroatoms. The second kappa shape index (κ2) is 7.95. The summed E-state index contributed by atoms with van der Waals surface area (Å²) in [5.74, 6) is 2.61. The molecule has 1 N–H and O–H groups in total. The van der Waals surface area contributed by atoms with E-state index >= 15 is 0 Å². The van der Waals surface area contributed by atoms with Crippen molar-refractivity contribution in [1.29, 1.82) is 0 Å². The van der Waals surface area contributed by atoms with E-state index in [-0.39, 0.29) is 12.5 Å². The smallest absolute Gasteiger partial charge is 0.246 e. The van der Waals surface area contributed by atoms with Crippen molar-refractivity contribution in [1.82, 2.24) is 15.1 Å². The Balaban J connectivity index is 1.44. The minimum absolute atomic E-state index is 0.00846. The van der Waals surface area contributed by atoms with Gasteiger partial charge in [0.05, 0.1) is 0 Å². The molecule has 2 bridgehead atoms. The molecule has 4 saturated heterocycles. The van der Waals surface area contributed by atoms with Crippen molar-refractivity contribution < 1.29 is 9.53 Å². The van der Waals surface area contributed by atoms with Gasteiger partial charge in [-0.2, -0.15) is 0 Å². The van der Waals surface area contributed by atoms with Gasteiger partial charge in [-0.05, 0) is 63.1 Å². The Hall–Kier alpha value is -0.650. The van der Waals surface area contributed by atoms with Crippen molar-refractivity contribution in [3.63, 3.8) is 0 Å². The van der Waals surface area contributed by atoms with E-state index in [9.17, 15) is 4.79 Å². The minimum Gasteiger partial charge on any atom is -0.375 e. The highest BCUT2D eigenvalue weighted by Gasteiger charge is 2.40. The van der Waals surface area contributed by atoms with Gasteiger partial charge in [-0.1, -0.05) is 6.92 Å². The van der Waals surface area contributed by atoms with Crippen LogP contribution in [0.15, 0.2) is 0 Å². The number of fused-ring (bicyclic) bond motifs is 3. The Labute approximate surface area is 140 Å². The Kier molecular flexibility index (Phi) is 5.94. The van der Waals surface area contributed by atoms with Crippen LogP contribution in [0.4, 0.5) is 0 Å². The number of nitrogens with one attached hydrogen (secondary N) is 1. The number of methoxy groups -OCH3 is 1. The van der Waals surface area contributed by atoms with Crippen molar-refractivity contribution >= 4 is 5.91 Å². The second-order valence-electron chi connectivity index (χ2n) is 7.91. The van der Waals surface area contributed by atoms with E-state index in [1.54, 1.807) is 7.11 Å². The quantitative estimate of drug-likeness (QED) is 0.797. The number of carbonyl (C=O) groups is 1. The zero-order valence-electron chi connectivity index (χ0n) is 14.8. The van der Waals surface area contributed by atoms with Crippen LogP contribution in [0.3, 0.4) is 0 Å². The maximum absolute atomic E-state index is 11.6. The van der Waals surface area contributed by atoms with Crippen molar-refractivity contribution in [2.24, 2.45) is 17.8 Å². The molecule has 0 radical (unpaired) electrons. The lowest BCUT2D eigenvalue weighted by Crippen LogP contribution is -2.58. The first kappa shape index (κ1) is 17.2. The lowest BCUT2D eigenvalue weighted by Gasteiger charge is -2.51. The van der Waals surface area contributed by atoms with Crippen LogP contribution in [-0.4, -0.2) is 74.7 Å². The number of carbonyl (C=O) groups excluding carboxylic acids is 1. The average molecular weight is 323 g/mol. The number of likely N-dealkylation sites (tertiary alicyclic amines) is 1. The number of nitrogens with zero attached hydrogens (tertiary/aromatic N) is 2. The zero-order chi connectivity index (χ0) is 16.2. The lowest BCUT2D eigenvalue weighted by atomic mass is 9.75. The third-order valence-electron chi connectivity index (χ3n) is 6.19. The fourth-order valence-electron chi connectivity index (χ4n) is 4.66. The third-order valence-corrected chi connectivity index (χ3v) is 6.19. The summed E-state index contributed by atoms with van der Waals surface area (Å²) in [5, 5.41) is 3.02. The summed E-state index contributed by atoms with van der Waals surface area (Å²) in [4.78, 5) is 16.9. The summed E-state index contributed by atoms with van der Waals surface area (Å²) in [6, 6.07) is 0.534. The van der Waals surface area contributed by atoms with Gasteiger partial charge in [0.2, 0.25) is 5.91 Å². The molecule has 5 nitrogen and oxygen atoms in total. The van der Waals surface area contributed by atoms with Crippen molar-refractivity contribution in [3.8, 4) is 0 Å². The summed E-state index contributed by atoms with van der Waals surface area (Å²) in [6.07, 6.45) is 5.34. The molecule has 4 fully saturated rings. The van der Waals surface area contributed by atoms with E-state index in [0.717, 1.165) is 24.3 Å². The first-order valence-electron chi connectivity index (χ1n) is 9.37. The van der Waals surface area contributed by atoms with Gasteiger partial charge in [0.25, 0.3) is 0 Å². The number of ether oxygens (including phenoxy) is 1. The molecule has 4 heterocycles. The van der Waals surface area contributed by atoms with E-state index in [0.29, 0.717) is 6.04 Å². The number of hydrogen-bond acceptors (Lipinski definition) is 4. The van der Waals surface area contributed by atoms with Crippen LogP contribution in [0.2, 0.25) is 0 Å². The van der Waals surface area contributed by atoms with E-state index in [2.05, 4.69) is 22.0 Å². The van der Waals surface area contributed by atoms with Crippen LogP contribution in [0.25, 0.3) is 0 Å². The van der Waals surface area contributed by atoms with Gasteiger partial charge < -0.3 is 15.0 Å². The van der Waals surface area contributed by atoms with Gasteiger partial charge >= 0.3 is 0 Å². The minimum atomic E-state index is 0.00846. The molecule has 1 amide bonds. The van der Waals surface area contributed by atoms with Crippen molar-refractivity contribution in [2.45, 2.75) is 38.6 Å². The van der Waals surface area contributed by atoms with Crippen molar-refractivity contribution in [2.75, 3.05) is 53.0 Å². The molecule has 132 valence electrons. The number of hydrogen-bond donors (Lipinski definition) is 1. The van der Waals surface area contributed by atoms with E-state index in [1.165, 1.54) is 58.4 Å². The normalized spacial score (nSPS) is 35.4. The molecular formula is C18H33N3O2. The summed E-state index contributed by atoms with van der Waals surface area (Å²) < 4.78 is 4.88. The Morgan fingerprint density at radius 2 is 2.00 bits per heavy atom. The highest BCUT2D eigenvalue weighted by molar-refractivity contribution is 5.77. The molecule has 4 aliphatic rings. The molecule has 4 aliphatic heterocycles. The molecule has 4 atom stereocenters. The van der Waals surface area contributed by atoms with Crippen LogP contribution >= 0.6 is 0 Å². The predicted molar refractivity (Wildman–Crippen MR) is 91.3 cm³/mol. The van der Waals surface area contributed by atoms with Crippen LogP contribution in [-0.2, 0) is 9.53 Å². The average Bonchev–Trinajstić information content (AvgIpc) is 2.56. The molecule has 0 aromatic heterocycles. The van der Waals surface area contributed by atoms with Crippen LogP contribution in [0.1, 0.15) is 32.6 Å². The largest absolute Gasteiger partial charge is 0.375 e. The van der Waals surface area contributed by atoms with E-state index < -0.39 is 0 Å². The molecular weight excluding hydrogens is 290 g/mol. The molecule has 0 aromatic rings. The number of piperidine rings is 4. The van der Waals surface area contributed by atoms with Gasteiger partial charge in [0.15, 0.2) is 0 Å². The standard InChI is InChI=1S/C18H33N3O2/c1-14-3-6-20(7-4-14)11-16-12-21-8-5-15(16)9-17(21)10-19-18(22)13-23-2/h14-17H,3-13H2,1-2H3,(H,19,22)/t15-,16-,17+/m0/s1. The monoisotopic (exact) mass is 323 g/mol. The maximum Gasteiger partial charge on any atom is 0.246 e. The SMILES string of the molecule is COCC(=O)NC[C@H]1C[C@@H]2CCN1C[C@@H]2CN1CCC(C)CC1. The second-order valence-corrected chi connectivity index (χ2v) is 7.91. The molecule has 4 rings (SSSR count). The molecule has 0 saturated carbocycles. The first-order valence-corrected chi connectivity index (χ1v) is 9.37. The van der Waals surface area contributed by atoms with Gasteiger partial charge in [-0.3, -0.25) is 9.69 Å². The highest BCUT2D eigenvalue weighted by Crippen LogP contribution is 2.36. The Bertz CT molecular complexity index is 396. The fraction of sp³-hybridized carbons (Fsp3) is 0.944. The Morgan fingerprint density at radius 1 is 1.22 bits per heavy atom. The van der Waals surface area contributed by atoms with Crippen LogP contribution < -0.4 is 5.32 Å². The summed E-state index contributed by atoms with van der Waals surface area (Å²) in [5.41, 5.74) is 0. The Morgan fingerprint density at radius 3 is 2.65 bits per heavy atom. The third kappa shape index (κ3) is 4.46. The molecule has 0 spiro atoms. The van der Waals surface area contributed by atoms with Gasteiger partial charge in [-0.15, -0.1) is 0 Å². The summed E-state index contributed by atoms with van der Waals surface area (Å²) in [6.45, 7) is 9.65. The van der Waals surface area contributed by atoms with Gasteiger partial charge in [0, 0.05) is 32.8 Å². The number of amides is 1. The molecule has 0 aliphatic carbocycles. The topological polar surface area (TPSA) is 44.8 Å². The summed E-state index contributed by atoms with van der Waals surface area (Å²) >= 11 is 0. The van der Waals surface area contributed by atoms with Crippen LogP contribution in [0.5, 0.6) is 0 Å². The van der Waals surface area contributed by atoms with E-state index in [4.69, 9.17) is 4.74 Å². The predicted octanol–water partition coefficient (Wildman–Crippen LogP) is 1.19. The molecule has 0 aromatic carbocycles. The van der Waals surface area contributed by atoms with Gasteiger partial charge in [0.1, 0.15) is 6.61 Å². The molecule has 1 unspecified atom stereocenters. The zero-order valence-corrected chi connectivity index (χ0v) is 14.8. The summed E-state index contributed by atoms with van der Waals surface area (Å²) in [7, 11) is 1.57. The lowest BCUT2D eigenvalue weighted by molar-refractivity contribution is -0.125. The van der Waals surface area contributed by atoms with Gasteiger partial charge in [-0.25, -0.2) is 0 Å². The first-order chi connectivity index (χ1) is 11.2. The maximum atomic E-state index is 11.6. The van der Waals surface area contributed by atoms with E-state index in [1.807, 2.05) is 0 Å². The van der Waals surface area contributed by atoms with Crippen molar-refractivity contribution in [3.05, 3.63) is 0 Å². The van der Waals surface area contributed by atoms with Crippen LogP contribution in [0, 0.1) is 17.8 Å². The fourth-order valence-corrected chi connectivity index (χ4v) is 4.66. The number of rotatable bonds is 6. The molecule has 23 heavy (non-hydrogen) atoms.